The predicted molar refractivity (Wildman–Crippen MR) is 82.6 cm³/mol. The van der Waals surface area contributed by atoms with Gasteiger partial charge in [0.2, 0.25) is 5.79 Å². The number of nitrogens with one attached hydrogen (secondary N) is 1. The minimum atomic E-state index is -1.64. The van der Waals surface area contributed by atoms with Crippen molar-refractivity contribution in [3.63, 3.8) is 0 Å². The van der Waals surface area contributed by atoms with E-state index >= 15 is 0 Å². The highest BCUT2D eigenvalue weighted by atomic mass is 19.1. The second-order valence-corrected chi connectivity index (χ2v) is 6.43. The fourth-order valence-corrected chi connectivity index (χ4v) is 3.17. The van der Waals surface area contributed by atoms with Crippen molar-refractivity contribution in [2.24, 2.45) is 5.92 Å². The Morgan fingerprint density at radius 1 is 1.22 bits per heavy atom. The molecule has 0 amide bonds. The monoisotopic (exact) mass is 331 g/mol. The average molecular weight is 331 g/mol. The first-order chi connectivity index (χ1) is 11.0. The van der Waals surface area contributed by atoms with Crippen molar-refractivity contribution in [3.8, 4) is 0 Å². The number of hydrogen-bond acceptors (Lipinski definition) is 3. The maximum atomic E-state index is 14.7. The largest absolute Gasteiger partial charge is 0.369 e. The number of nitrogens with zero attached hydrogens (tertiary/aromatic N) is 2. The molecule has 2 aliphatic heterocycles. The highest BCUT2D eigenvalue weighted by molar-refractivity contribution is 5.72. The molecule has 0 saturated carbocycles. The van der Waals surface area contributed by atoms with Crippen molar-refractivity contribution in [1.29, 1.82) is 0 Å². The van der Waals surface area contributed by atoms with Crippen LogP contribution in [0.5, 0.6) is 0 Å². The number of halogens is 4. The molecule has 2 aliphatic rings. The molecule has 3 rings (SSSR count). The van der Waals surface area contributed by atoms with Gasteiger partial charge in [-0.25, -0.2) is 8.78 Å². The number of rotatable bonds is 7. The molecule has 0 unspecified atom stereocenters. The van der Waals surface area contributed by atoms with Crippen molar-refractivity contribution in [2.45, 2.75) is 12.2 Å². The molecule has 0 atom stereocenters. The highest BCUT2D eigenvalue weighted by Gasteiger charge is 2.44. The third-order valence-corrected chi connectivity index (χ3v) is 4.39. The van der Waals surface area contributed by atoms with Gasteiger partial charge in [0.1, 0.15) is 5.82 Å². The molecule has 0 aliphatic carbocycles. The number of benzene rings is 1. The van der Waals surface area contributed by atoms with Crippen LogP contribution in [-0.4, -0.2) is 56.8 Å². The summed E-state index contributed by atoms with van der Waals surface area (Å²) in [4.78, 5) is 3.73. The van der Waals surface area contributed by atoms with Gasteiger partial charge in [0.05, 0.1) is 37.8 Å². The van der Waals surface area contributed by atoms with Gasteiger partial charge in [0.25, 0.3) is 0 Å². The predicted octanol–water partition coefficient (Wildman–Crippen LogP) is 2.98. The lowest BCUT2D eigenvalue weighted by Crippen LogP contribution is -2.63. The van der Waals surface area contributed by atoms with Crippen molar-refractivity contribution in [3.05, 3.63) is 24.0 Å². The molecule has 2 fully saturated rings. The Bertz CT molecular complexity index is 542. The Morgan fingerprint density at radius 2 is 1.96 bits per heavy atom. The van der Waals surface area contributed by atoms with Gasteiger partial charge in [-0.2, -0.15) is 0 Å². The van der Waals surface area contributed by atoms with E-state index in [9.17, 15) is 17.6 Å². The second kappa shape index (κ2) is 6.55. The van der Waals surface area contributed by atoms with Gasteiger partial charge in [0.15, 0.2) is 0 Å². The molecule has 2 heterocycles. The summed E-state index contributed by atoms with van der Waals surface area (Å²) < 4.78 is 52.9. The number of hydrogen-bond donors (Lipinski definition) is 1. The summed E-state index contributed by atoms with van der Waals surface area (Å²) in [5.41, 5.74) is 1.07. The van der Waals surface area contributed by atoms with Crippen LogP contribution in [0.15, 0.2) is 18.2 Å². The first kappa shape index (κ1) is 16.4. The molecule has 1 N–H and O–H groups in total. The number of likely N-dealkylation sites (tertiary alicyclic amines) is 1. The van der Waals surface area contributed by atoms with E-state index in [0.29, 0.717) is 37.4 Å². The SMILES string of the molecule is FCCCN1CC(F)(Nc2cc(F)ccc2N2CC(CF)C2)C1. The zero-order valence-electron chi connectivity index (χ0n) is 12.9. The summed E-state index contributed by atoms with van der Waals surface area (Å²) in [7, 11) is 0. The maximum absolute atomic E-state index is 14.7. The molecule has 1 aromatic rings. The van der Waals surface area contributed by atoms with Crippen LogP contribution in [0, 0.1) is 11.7 Å². The molecule has 128 valence electrons. The molecule has 23 heavy (non-hydrogen) atoms. The summed E-state index contributed by atoms with van der Waals surface area (Å²) >= 11 is 0. The molecule has 0 spiro atoms. The van der Waals surface area contributed by atoms with Crippen LogP contribution in [0.2, 0.25) is 0 Å². The minimum absolute atomic E-state index is 0.00728. The lowest BCUT2D eigenvalue weighted by Gasteiger charge is -2.46. The van der Waals surface area contributed by atoms with E-state index in [1.54, 1.807) is 6.07 Å². The molecule has 7 heteroatoms. The van der Waals surface area contributed by atoms with Crippen LogP contribution in [0.4, 0.5) is 28.9 Å². The van der Waals surface area contributed by atoms with Crippen molar-refractivity contribution < 1.29 is 17.6 Å². The molecule has 0 radical (unpaired) electrons. The summed E-state index contributed by atoms with van der Waals surface area (Å²) in [6, 6.07) is 4.18. The van der Waals surface area contributed by atoms with Crippen LogP contribution < -0.4 is 10.2 Å². The van der Waals surface area contributed by atoms with E-state index in [2.05, 4.69) is 5.32 Å². The smallest absolute Gasteiger partial charge is 0.206 e. The Labute approximate surface area is 133 Å². The molecular formula is C16H21F4N3. The van der Waals surface area contributed by atoms with Gasteiger partial charge in [0, 0.05) is 25.6 Å². The average Bonchev–Trinajstić information content (AvgIpc) is 2.44. The second-order valence-electron chi connectivity index (χ2n) is 6.43. The lowest BCUT2D eigenvalue weighted by atomic mass is 9.99. The van der Waals surface area contributed by atoms with Gasteiger partial charge in [-0.05, 0) is 24.6 Å². The lowest BCUT2D eigenvalue weighted by molar-refractivity contribution is -0.0110. The van der Waals surface area contributed by atoms with E-state index in [1.165, 1.54) is 12.1 Å². The van der Waals surface area contributed by atoms with E-state index in [0.717, 1.165) is 0 Å². The van der Waals surface area contributed by atoms with E-state index in [-0.39, 0.29) is 25.7 Å². The Kier molecular flexibility index (Phi) is 4.66. The topological polar surface area (TPSA) is 18.5 Å². The Hall–Kier alpha value is -1.50. The van der Waals surface area contributed by atoms with Crippen LogP contribution in [0.3, 0.4) is 0 Å². The maximum Gasteiger partial charge on any atom is 0.206 e. The quantitative estimate of drug-likeness (QED) is 0.612. The summed E-state index contributed by atoms with van der Waals surface area (Å²) in [6.45, 7) is 1.13. The summed E-state index contributed by atoms with van der Waals surface area (Å²) in [6.07, 6.45) is 0.389. The number of alkyl halides is 3. The Morgan fingerprint density at radius 3 is 2.61 bits per heavy atom. The molecule has 2 saturated heterocycles. The summed E-state index contributed by atoms with van der Waals surface area (Å²) in [5.74, 6) is -2.09. The Balaban J connectivity index is 1.65. The molecular weight excluding hydrogens is 310 g/mol. The van der Waals surface area contributed by atoms with Gasteiger partial charge in [-0.3, -0.25) is 13.7 Å². The molecule has 1 aromatic carbocycles. The van der Waals surface area contributed by atoms with Crippen LogP contribution in [0.25, 0.3) is 0 Å². The van der Waals surface area contributed by atoms with Crippen molar-refractivity contribution in [1.82, 2.24) is 4.90 Å². The first-order valence-corrected chi connectivity index (χ1v) is 7.89. The van der Waals surface area contributed by atoms with Crippen LogP contribution in [-0.2, 0) is 0 Å². The minimum Gasteiger partial charge on any atom is -0.369 e. The molecule has 0 bridgehead atoms. The standard InChI is InChI=1S/C16H21F4N3/c17-4-1-5-22-10-16(20,11-22)21-14-6-13(19)2-3-15(14)23-8-12(7-18)9-23/h2-3,6,12,21H,1,4-5,7-11H2. The molecule has 3 nitrogen and oxygen atoms in total. The zero-order chi connectivity index (χ0) is 16.4. The van der Waals surface area contributed by atoms with Crippen LogP contribution >= 0.6 is 0 Å². The summed E-state index contributed by atoms with van der Waals surface area (Å²) in [5, 5.41) is 2.78. The van der Waals surface area contributed by atoms with Gasteiger partial charge < -0.3 is 10.2 Å². The normalized spacial score (nSPS) is 21.0. The van der Waals surface area contributed by atoms with E-state index in [1.807, 2.05) is 9.80 Å². The van der Waals surface area contributed by atoms with Gasteiger partial charge in [-0.15, -0.1) is 0 Å². The van der Waals surface area contributed by atoms with E-state index in [4.69, 9.17) is 0 Å². The fourth-order valence-electron chi connectivity index (χ4n) is 3.17. The fraction of sp³-hybridized carbons (Fsp3) is 0.625. The third kappa shape index (κ3) is 3.54. The third-order valence-electron chi connectivity index (χ3n) is 4.39. The van der Waals surface area contributed by atoms with Crippen molar-refractivity contribution >= 4 is 11.4 Å². The first-order valence-electron chi connectivity index (χ1n) is 7.89. The van der Waals surface area contributed by atoms with Gasteiger partial charge in [-0.1, -0.05) is 0 Å². The number of anilines is 2. The van der Waals surface area contributed by atoms with Gasteiger partial charge >= 0.3 is 0 Å². The highest BCUT2D eigenvalue weighted by Crippen LogP contribution is 2.36. The van der Waals surface area contributed by atoms with E-state index < -0.39 is 18.3 Å². The zero-order valence-corrected chi connectivity index (χ0v) is 12.9. The van der Waals surface area contributed by atoms with Crippen LogP contribution in [0.1, 0.15) is 6.42 Å². The van der Waals surface area contributed by atoms with Crippen molar-refractivity contribution in [2.75, 3.05) is 56.3 Å². The molecule has 0 aromatic heterocycles.